The monoisotopic (exact) mass is 288 g/mol. The van der Waals surface area contributed by atoms with Crippen molar-refractivity contribution < 1.29 is 9.53 Å². The summed E-state index contributed by atoms with van der Waals surface area (Å²) in [5, 5.41) is 2.86. The molecule has 1 heterocycles. The minimum Gasteiger partial charge on any atom is -0.385 e. The lowest BCUT2D eigenvalue weighted by Crippen LogP contribution is -2.27. The van der Waals surface area contributed by atoms with Crippen molar-refractivity contribution in [2.45, 2.75) is 19.9 Å². The molecule has 0 saturated carbocycles. The maximum atomic E-state index is 11.8. The van der Waals surface area contributed by atoms with Crippen LogP contribution in [0.25, 0.3) is 0 Å². The van der Waals surface area contributed by atoms with Gasteiger partial charge in [-0.3, -0.25) is 4.79 Å². The Balaban J connectivity index is 2.51. The van der Waals surface area contributed by atoms with Crippen molar-refractivity contribution in [1.82, 2.24) is 9.88 Å². The molecule has 0 unspecified atom stereocenters. The standard InChI is InChI=1S/C11H17BrN2O2/c1-3-14-8-9(12)7-10(14)11(15)13-5-4-6-16-2/h7-8H,3-6H2,1-2H3,(H,13,15). The van der Waals surface area contributed by atoms with Gasteiger partial charge in [0.25, 0.3) is 5.91 Å². The number of ether oxygens (including phenoxy) is 1. The van der Waals surface area contributed by atoms with Crippen LogP contribution in [0.4, 0.5) is 0 Å². The number of rotatable bonds is 6. The largest absolute Gasteiger partial charge is 0.385 e. The van der Waals surface area contributed by atoms with E-state index in [1.54, 1.807) is 7.11 Å². The van der Waals surface area contributed by atoms with E-state index in [1.807, 2.05) is 23.8 Å². The number of halogens is 1. The van der Waals surface area contributed by atoms with Crippen LogP contribution in [0, 0.1) is 0 Å². The van der Waals surface area contributed by atoms with Gasteiger partial charge in [0.15, 0.2) is 0 Å². The SMILES string of the molecule is CCn1cc(Br)cc1C(=O)NCCCOC. The number of amides is 1. The van der Waals surface area contributed by atoms with Crippen LogP contribution in [0.15, 0.2) is 16.7 Å². The van der Waals surface area contributed by atoms with Crippen LogP contribution in [0.5, 0.6) is 0 Å². The number of hydrogen-bond donors (Lipinski definition) is 1. The number of aryl methyl sites for hydroxylation is 1. The van der Waals surface area contributed by atoms with E-state index in [0.29, 0.717) is 18.8 Å². The summed E-state index contributed by atoms with van der Waals surface area (Å²) in [5.74, 6) is -0.0383. The molecule has 1 aromatic rings. The number of aromatic nitrogens is 1. The molecular formula is C11H17BrN2O2. The van der Waals surface area contributed by atoms with E-state index in [4.69, 9.17) is 4.74 Å². The molecule has 1 N–H and O–H groups in total. The quantitative estimate of drug-likeness (QED) is 0.814. The highest BCUT2D eigenvalue weighted by Crippen LogP contribution is 2.14. The molecule has 5 heteroatoms. The molecule has 16 heavy (non-hydrogen) atoms. The topological polar surface area (TPSA) is 43.3 Å². The second kappa shape index (κ2) is 6.70. The molecule has 0 aliphatic rings. The van der Waals surface area contributed by atoms with Gasteiger partial charge in [-0.2, -0.15) is 0 Å². The van der Waals surface area contributed by atoms with E-state index in [-0.39, 0.29) is 5.91 Å². The van der Waals surface area contributed by atoms with E-state index in [9.17, 15) is 4.79 Å². The fourth-order valence-corrected chi connectivity index (χ4v) is 1.90. The van der Waals surface area contributed by atoms with Crippen LogP contribution in [0.3, 0.4) is 0 Å². The third-order valence-electron chi connectivity index (χ3n) is 2.25. The Kier molecular flexibility index (Phi) is 5.55. The highest BCUT2D eigenvalue weighted by atomic mass is 79.9. The third kappa shape index (κ3) is 3.64. The first-order valence-electron chi connectivity index (χ1n) is 5.31. The summed E-state index contributed by atoms with van der Waals surface area (Å²) in [4.78, 5) is 11.8. The first-order chi connectivity index (χ1) is 7.69. The summed E-state index contributed by atoms with van der Waals surface area (Å²) in [7, 11) is 1.65. The molecule has 1 rings (SSSR count). The Morgan fingerprint density at radius 2 is 2.38 bits per heavy atom. The van der Waals surface area contributed by atoms with E-state index >= 15 is 0 Å². The van der Waals surface area contributed by atoms with Gasteiger partial charge in [-0.05, 0) is 35.3 Å². The number of hydrogen-bond acceptors (Lipinski definition) is 2. The van der Waals surface area contributed by atoms with Gasteiger partial charge in [0.2, 0.25) is 0 Å². The molecule has 0 aliphatic heterocycles. The summed E-state index contributed by atoms with van der Waals surface area (Å²) in [5.41, 5.74) is 0.687. The van der Waals surface area contributed by atoms with Gasteiger partial charge in [-0.25, -0.2) is 0 Å². The zero-order valence-electron chi connectivity index (χ0n) is 9.62. The molecule has 1 aromatic heterocycles. The molecule has 0 radical (unpaired) electrons. The van der Waals surface area contributed by atoms with Crippen LogP contribution < -0.4 is 5.32 Å². The van der Waals surface area contributed by atoms with Gasteiger partial charge in [0.05, 0.1) is 0 Å². The Morgan fingerprint density at radius 1 is 1.62 bits per heavy atom. The van der Waals surface area contributed by atoms with Crippen LogP contribution in [0.1, 0.15) is 23.8 Å². The van der Waals surface area contributed by atoms with Crippen molar-refractivity contribution in [2.75, 3.05) is 20.3 Å². The minimum atomic E-state index is -0.0383. The Bertz CT molecular complexity index is 350. The van der Waals surface area contributed by atoms with Crippen LogP contribution in [-0.2, 0) is 11.3 Å². The molecule has 0 aliphatic carbocycles. The summed E-state index contributed by atoms with van der Waals surface area (Å²) >= 11 is 3.36. The summed E-state index contributed by atoms with van der Waals surface area (Å²) in [6.07, 6.45) is 2.74. The first-order valence-corrected chi connectivity index (χ1v) is 6.11. The van der Waals surface area contributed by atoms with Crippen LogP contribution in [-0.4, -0.2) is 30.7 Å². The third-order valence-corrected chi connectivity index (χ3v) is 2.68. The maximum Gasteiger partial charge on any atom is 0.267 e. The Hall–Kier alpha value is -0.810. The molecule has 4 nitrogen and oxygen atoms in total. The second-order valence-corrected chi connectivity index (χ2v) is 4.35. The average Bonchev–Trinajstić information content (AvgIpc) is 2.65. The summed E-state index contributed by atoms with van der Waals surface area (Å²) in [6, 6.07) is 1.83. The fraction of sp³-hybridized carbons (Fsp3) is 0.545. The molecule has 90 valence electrons. The van der Waals surface area contributed by atoms with Gasteiger partial charge in [0.1, 0.15) is 5.69 Å². The summed E-state index contributed by atoms with van der Waals surface area (Å²) < 4.78 is 7.75. The van der Waals surface area contributed by atoms with Gasteiger partial charge in [0, 0.05) is 37.5 Å². The molecule has 1 amide bonds. The minimum absolute atomic E-state index is 0.0383. The highest BCUT2D eigenvalue weighted by molar-refractivity contribution is 9.10. The van der Waals surface area contributed by atoms with Crippen molar-refractivity contribution in [3.05, 3.63) is 22.4 Å². The average molecular weight is 289 g/mol. The lowest BCUT2D eigenvalue weighted by atomic mass is 10.3. The number of carbonyl (C=O) groups excluding carboxylic acids is 1. The van der Waals surface area contributed by atoms with Gasteiger partial charge in [-0.1, -0.05) is 0 Å². The van der Waals surface area contributed by atoms with E-state index < -0.39 is 0 Å². The highest BCUT2D eigenvalue weighted by Gasteiger charge is 2.11. The number of methoxy groups -OCH3 is 1. The Labute approximate surface area is 104 Å². The van der Waals surface area contributed by atoms with Crippen LogP contribution in [0.2, 0.25) is 0 Å². The molecule has 0 atom stereocenters. The normalized spacial score (nSPS) is 10.4. The fourth-order valence-electron chi connectivity index (χ4n) is 1.44. The second-order valence-electron chi connectivity index (χ2n) is 3.43. The van der Waals surface area contributed by atoms with Crippen molar-refractivity contribution in [1.29, 1.82) is 0 Å². The van der Waals surface area contributed by atoms with Crippen molar-refractivity contribution in [3.8, 4) is 0 Å². The molecule has 0 saturated heterocycles. The zero-order valence-corrected chi connectivity index (χ0v) is 11.2. The zero-order chi connectivity index (χ0) is 12.0. The number of nitrogens with one attached hydrogen (secondary N) is 1. The molecule has 0 aromatic carbocycles. The van der Waals surface area contributed by atoms with Gasteiger partial charge < -0.3 is 14.6 Å². The predicted octanol–water partition coefficient (Wildman–Crippen LogP) is 2.04. The molecule has 0 spiro atoms. The van der Waals surface area contributed by atoms with Crippen molar-refractivity contribution in [3.63, 3.8) is 0 Å². The van der Waals surface area contributed by atoms with Crippen LogP contribution >= 0.6 is 15.9 Å². The smallest absolute Gasteiger partial charge is 0.267 e. The lowest BCUT2D eigenvalue weighted by molar-refractivity contribution is 0.0939. The van der Waals surface area contributed by atoms with Gasteiger partial charge >= 0.3 is 0 Å². The van der Waals surface area contributed by atoms with Crippen molar-refractivity contribution >= 4 is 21.8 Å². The van der Waals surface area contributed by atoms with Crippen molar-refractivity contribution in [2.24, 2.45) is 0 Å². The lowest BCUT2D eigenvalue weighted by Gasteiger charge is -2.07. The number of nitrogens with zero attached hydrogens (tertiary/aromatic N) is 1. The molecular weight excluding hydrogens is 272 g/mol. The Morgan fingerprint density at radius 3 is 3.00 bits per heavy atom. The molecule has 0 fully saturated rings. The number of carbonyl (C=O) groups is 1. The van der Waals surface area contributed by atoms with E-state index in [0.717, 1.165) is 17.4 Å². The van der Waals surface area contributed by atoms with Gasteiger partial charge in [-0.15, -0.1) is 0 Å². The summed E-state index contributed by atoms with van der Waals surface area (Å²) in [6.45, 7) is 4.10. The predicted molar refractivity (Wildman–Crippen MR) is 66.6 cm³/mol. The molecule has 0 bridgehead atoms. The van der Waals surface area contributed by atoms with E-state index in [1.165, 1.54) is 0 Å². The maximum absolute atomic E-state index is 11.8. The first kappa shape index (κ1) is 13.3. The van der Waals surface area contributed by atoms with E-state index in [2.05, 4.69) is 21.2 Å².